The van der Waals surface area contributed by atoms with Crippen LogP contribution in [0.4, 0.5) is 0 Å². The summed E-state index contributed by atoms with van der Waals surface area (Å²) >= 11 is 0. The van der Waals surface area contributed by atoms with Crippen LogP contribution >= 0.6 is 0 Å². The van der Waals surface area contributed by atoms with Gasteiger partial charge in [0.2, 0.25) is 0 Å². The van der Waals surface area contributed by atoms with E-state index in [0.717, 1.165) is 0 Å². The third-order valence-electron chi connectivity index (χ3n) is 6.59. The maximum absolute atomic E-state index is 3.59. The molecule has 1 heteroatoms. The fraction of sp³-hybridized carbons (Fsp3) is 0. The summed E-state index contributed by atoms with van der Waals surface area (Å²) in [5.41, 5.74) is 4.92. The number of aromatic nitrogens is 1. The van der Waals surface area contributed by atoms with Crippen molar-refractivity contribution in [1.29, 1.82) is 0 Å². The van der Waals surface area contributed by atoms with Crippen LogP contribution in [0, 0.1) is 0 Å². The van der Waals surface area contributed by atoms with E-state index in [0.29, 0.717) is 0 Å². The lowest BCUT2D eigenvalue weighted by Gasteiger charge is -2.13. The summed E-state index contributed by atoms with van der Waals surface area (Å²) in [6.07, 6.45) is 0. The quantitative estimate of drug-likeness (QED) is 0.269. The second-order valence-corrected chi connectivity index (χ2v) is 8.25. The largest absolute Gasteiger partial charge is 0.354 e. The fourth-order valence-electron chi connectivity index (χ4n) is 5.20. The molecule has 31 heavy (non-hydrogen) atoms. The Morgan fingerprint density at radius 2 is 1.00 bits per heavy atom. The minimum Gasteiger partial charge on any atom is -0.354 e. The van der Waals surface area contributed by atoms with Crippen LogP contribution in [0.3, 0.4) is 0 Å². The zero-order valence-electron chi connectivity index (χ0n) is 16.9. The Morgan fingerprint density at radius 3 is 1.87 bits per heavy atom. The van der Waals surface area contributed by atoms with Gasteiger partial charge in [-0.1, -0.05) is 91.0 Å². The first kappa shape index (κ1) is 16.7. The van der Waals surface area contributed by atoms with E-state index in [1.807, 2.05) is 0 Å². The van der Waals surface area contributed by atoms with Crippen LogP contribution in [0.5, 0.6) is 0 Å². The second-order valence-electron chi connectivity index (χ2n) is 8.25. The van der Waals surface area contributed by atoms with Crippen LogP contribution in [0.15, 0.2) is 109 Å². The van der Waals surface area contributed by atoms with Gasteiger partial charge in [0.25, 0.3) is 0 Å². The van der Waals surface area contributed by atoms with Gasteiger partial charge in [-0.25, -0.2) is 0 Å². The van der Waals surface area contributed by atoms with Gasteiger partial charge in [0.15, 0.2) is 0 Å². The molecule has 0 unspecified atom stereocenters. The van der Waals surface area contributed by atoms with E-state index in [1.54, 1.807) is 0 Å². The Hall–Kier alpha value is -4.10. The minimum absolute atomic E-state index is 1.19. The van der Waals surface area contributed by atoms with Crippen molar-refractivity contribution in [1.82, 2.24) is 4.98 Å². The van der Waals surface area contributed by atoms with Gasteiger partial charge in [-0.05, 0) is 61.6 Å². The maximum atomic E-state index is 3.59. The maximum Gasteiger partial charge on any atom is 0.0471 e. The zero-order chi connectivity index (χ0) is 20.4. The number of hydrogen-bond donors (Lipinski definition) is 1. The molecule has 144 valence electrons. The molecule has 0 aliphatic heterocycles. The standard InChI is InChI=1S/C30H19N/c1-2-8-19(9-3-1)26-18-27-22(20-10-4-5-11-21(20)26)14-15-24-23(27)16-17-29-30(24)25-12-6-7-13-28(25)31-29/h1-18,31H. The predicted molar refractivity (Wildman–Crippen MR) is 134 cm³/mol. The second kappa shape index (κ2) is 6.20. The number of rotatable bonds is 1. The van der Waals surface area contributed by atoms with Crippen molar-refractivity contribution in [2.45, 2.75) is 0 Å². The van der Waals surface area contributed by atoms with Crippen molar-refractivity contribution in [3.05, 3.63) is 109 Å². The SMILES string of the molecule is c1ccc(-c2cc3c(ccc4c3ccc3[nH]c5ccccc5c34)c3ccccc23)cc1. The van der Waals surface area contributed by atoms with E-state index in [1.165, 1.54) is 65.3 Å². The molecule has 0 saturated carbocycles. The van der Waals surface area contributed by atoms with Gasteiger partial charge in [0.05, 0.1) is 0 Å². The molecule has 7 rings (SSSR count). The van der Waals surface area contributed by atoms with Crippen molar-refractivity contribution in [2.24, 2.45) is 0 Å². The van der Waals surface area contributed by atoms with Crippen molar-refractivity contribution in [3.63, 3.8) is 0 Å². The van der Waals surface area contributed by atoms with Gasteiger partial charge >= 0.3 is 0 Å². The monoisotopic (exact) mass is 393 g/mol. The third-order valence-corrected chi connectivity index (χ3v) is 6.59. The first-order chi connectivity index (χ1) is 15.4. The molecule has 0 amide bonds. The molecule has 0 saturated heterocycles. The Kier molecular flexibility index (Phi) is 3.33. The molecule has 6 aromatic carbocycles. The van der Waals surface area contributed by atoms with Crippen LogP contribution < -0.4 is 0 Å². The number of para-hydroxylation sites is 1. The first-order valence-corrected chi connectivity index (χ1v) is 10.7. The van der Waals surface area contributed by atoms with E-state index in [2.05, 4.69) is 114 Å². The smallest absolute Gasteiger partial charge is 0.0471 e. The van der Waals surface area contributed by atoms with Crippen LogP contribution in [0.2, 0.25) is 0 Å². The average molecular weight is 393 g/mol. The van der Waals surface area contributed by atoms with E-state index in [-0.39, 0.29) is 0 Å². The Bertz CT molecular complexity index is 1770. The summed E-state index contributed by atoms with van der Waals surface area (Å²) in [6, 6.07) is 39.6. The molecule has 1 N–H and O–H groups in total. The molecule has 1 aromatic heterocycles. The van der Waals surface area contributed by atoms with Crippen LogP contribution in [0.25, 0.3) is 65.3 Å². The van der Waals surface area contributed by atoms with E-state index < -0.39 is 0 Å². The van der Waals surface area contributed by atoms with Crippen LogP contribution in [0.1, 0.15) is 0 Å². The van der Waals surface area contributed by atoms with Gasteiger partial charge in [-0.2, -0.15) is 0 Å². The van der Waals surface area contributed by atoms with E-state index >= 15 is 0 Å². The molecular weight excluding hydrogens is 374 g/mol. The molecule has 0 aliphatic rings. The molecular formula is C30H19N. The van der Waals surface area contributed by atoms with Crippen LogP contribution in [-0.2, 0) is 0 Å². The van der Waals surface area contributed by atoms with Crippen molar-refractivity contribution in [2.75, 3.05) is 0 Å². The third kappa shape index (κ3) is 2.32. The lowest BCUT2D eigenvalue weighted by molar-refractivity contribution is 1.55. The predicted octanol–water partition coefficient (Wildman–Crippen LogP) is 8.45. The molecule has 7 aromatic rings. The lowest BCUT2D eigenvalue weighted by Crippen LogP contribution is -1.86. The topological polar surface area (TPSA) is 15.8 Å². The normalized spacial score (nSPS) is 11.9. The average Bonchev–Trinajstić information content (AvgIpc) is 3.23. The van der Waals surface area contributed by atoms with Gasteiger partial charge < -0.3 is 4.98 Å². The number of H-pyrrole nitrogens is 1. The molecule has 0 bridgehead atoms. The summed E-state index contributed by atoms with van der Waals surface area (Å²) in [6.45, 7) is 0. The van der Waals surface area contributed by atoms with Crippen molar-refractivity contribution < 1.29 is 0 Å². The number of nitrogens with one attached hydrogen (secondary N) is 1. The van der Waals surface area contributed by atoms with Crippen LogP contribution in [-0.4, -0.2) is 4.98 Å². The molecule has 0 spiro atoms. The van der Waals surface area contributed by atoms with Crippen molar-refractivity contribution in [3.8, 4) is 11.1 Å². The number of hydrogen-bond acceptors (Lipinski definition) is 0. The van der Waals surface area contributed by atoms with Crippen molar-refractivity contribution >= 4 is 54.1 Å². The highest BCUT2D eigenvalue weighted by atomic mass is 14.7. The molecule has 0 aliphatic carbocycles. The summed E-state index contributed by atoms with van der Waals surface area (Å²) in [4.78, 5) is 3.59. The summed E-state index contributed by atoms with van der Waals surface area (Å²) in [7, 11) is 0. The number of fused-ring (bicyclic) bond motifs is 9. The van der Waals surface area contributed by atoms with Gasteiger partial charge in [-0.3, -0.25) is 0 Å². The number of aromatic amines is 1. The van der Waals surface area contributed by atoms with E-state index in [4.69, 9.17) is 0 Å². The van der Waals surface area contributed by atoms with Gasteiger partial charge in [0.1, 0.15) is 0 Å². The van der Waals surface area contributed by atoms with Gasteiger partial charge in [-0.15, -0.1) is 0 Å². The summed E-state index contributed by atoms with van der Waals surface area (Å²) < 4.78 is 0. The fourth-order valence-corrected chi connectivity index (χ4v) is 5.20. The molecule has 1 nitrogen and oxygen atoms in total. The highest BCUT2D eigenvalue weighted by Gasteiger charge is 2.13. The zero-order valence-corrected chi connectivity index (χ0v) is 16.9. The summed E-state index contributed by atoms with van der Waals surface area (Å²) in [5, 5.41) is 10.4. The molecule has 0 fully saturated rings. The molecule has 1 heterocycles. The Labute approximate surface area is 179 Å². The Balaban J connectivity index is 1.70. The first-order valence-electron chi connectivity index (χ1n) is 10.7. The van der Waals surface area contributed by atoms with E-state index in [9.17, 15) is 0 Å². The highest BCUT2D eigenvalue weighted by Crippen LogP contribution is 2.40. The molecule has 0 radical (unpaired) electrons. The lowest BCUT2D eigenvalue weighted by atomic mass is 9.90. The summed E-state index contributed by atoms with van der Waals surface area (Å²) in [5.74, 6) is 0. The highest BCUT2D eigenvalue weighted by molar-refractivity contribution is 6.28. The number of benzene rings is 6. The minimum atomic E-state index is 1.19. The van der Waals surface area contributed by atoms with Gasteiger partial charge in [0, 0.05) is 21.8 Å². The Morgan fingerprint density at radius 1 is 0.387 bits per heavy atom. The molecule has 0 atom stereocenters.